The largest absolute Gasteiger partial charge is 0.481 e. The minimum Gasteiger partial charge on any atom is -0.481 e. The second-order valence-corrected chi connectivity index (χ2v) is 14.3. The van der Waals surface area contributed by atoms with Crippen molar-refractivity contribution < 1.29 is 28.2 Å². The molecule has 1 amide bonds. The van der Waals surface area contributed by atoms with Gasteiger partial charge in [-0.1, -0.05) is 19.3 Å². The van der Waals surface area contributed by atoms with E-state index in [-0.39, 0.29) is 36.1 Å². The van der Waals surface area contributed by atoms with Crippen LogP contribution < -0.4 is 10.2 Å². The number of hydrogen-bond acceptors (Lipinski definition) is 6. The first-order valence-corrected chi connectivity index (χ1v) is 16.1. The van der Waals surface area contributed by atoms with Crippen LogP contribution in [0, 0.1) is 23.7 Å². The van der Waals surface area contributed by atoms with Crippen LogP contribution in [0.5, 0.6) is 0 Å². The van der Waals surface area contributed by atoms with Gasteiger partial charge in [0.05, 0.1) is 11.2 Å². The van der Waals surface area contributed by atoms with Crippen molar-refractivity contribution in [3.63, 3.8) is 0 Å². The number of carbonyl (C=O) groups excluding carboxylic acids is 1. The molecule has 1 saturated heterocycles. The minimum absolute atomic E-state index is 0.0236. The highest BCUT2D eigenvalue weighted by atomic mass is 32.2. The Labute approximate surface area is 239 Å². The number of pyridine rings is 1. The topological polar surface area (TPSA) is 91.8 Å². The van der Waals surface area contributed by atoms with Gasteiger partial charge in [-0.2, -0.15) is 8.78 Å². The van der Waals surface area contributed by atoms with Gasteiger partial charge in [0.2, 0.25) is 0 Å². The van der Waals surface area contributed by atoms with Crippen LogP contribution in [0.15, 0.2) is 17.2 Å². The van der Waals surface area contributed by atoms with E-state index in [0.29, 0.717) is 42.5 Å². The summed E-state index contributed by atoms with van der Waals surface area (Å²) in [6.07, 6.45) is 11.7. The highest BCUT2D eigenvalue weighted by molar-refractivity contribution is 7.99. The number of aromatic nitrogens is 1. The van der Waals surface area contributed by atoms with Crippen molar-refractivity contribution in [1.29, 1.82) is 0 Å². The maximum absolute atomic E-state index is 13.8. The SMILES string of the molecule is O=C(O)C[C@@H]1CCCN(c2ccc(C(=O)NC3[C@H]4CC5C[C@H]3CC(OC(F)F)(C5)C4)c(SC3CCCCC3)n2)C1. The molecule has 6 aliphatic rings. The molecule has 4 bridgehead atoms. The van der Waals surface area contributed by atoms with Crippen molar-refractivity contribution >= 4 is 29.5 Å². The molecule has 6 fully saturated rings. The van der Waals surface area contributed by atoms with Crippen LogP contribution in [0.4, 0.5) is 14.6 Å². The van der Waals surface area contributed by atoms with Gasteiger partial charge in [-0.05, 0) is 93.6 Å². The molecule has 0 unspecified atom stereocenters. The van der Waals surface area contributed by atoms with E-state index in [2.05, 4.69) is 10.2 Å². The molecule has 7 rings (SSSR count). The first-order chi connectivity index (χ1) is 19.3. The summed E-state index contributed by atoms with van der Waals surface area (Å²) >= 11 is 1.71. The number of nitrogens with zero attached hydrogens (tertiary/aromatic N) is 2. The molecule has 0 radical (unpaired) electrons. The molecule has 220 valence electrons. The summed E-state index contributed by atoms with van der Waals surface area (Å²) in [6.45, 7) is -1.27. The molecule has 3 atom stereocenters. The van der Waals surface area contributed by atoms with E-state index in [9.17, 15) is 23.5 Å². The van der Waals surface area contributed by atoms with Crippen LogP contribution in [-0.2, 0) is 9.53 Å². The van der Waals surface area contributed by atoms with Crippen molar-refractivity contribution in [2.24, 2.45) is 23.7 Å². The van der Waals surface area contributed by atoms with E-state index < -0.39 is 18.2 Å². The third-order valence-electron chi connectivity index (χ3n) is 10.1. The van der Waals surface area contributed by atoms with Gasteiger partial charge in [0.15, 0.2) is 0 Å². The number of anilines is 1. The highest BCUT2D eigenvalue weighted by Crippen LogP contribution is 2.57. The van der Waals surface area contributed by atoms with Gasteiger partial charge in [0.25, 0.3) is 5.91 Å². The molecule has 1 aliphatic heterocycles. The summed E-state index contributed by atoms with van der Waals surface area (Å²) in [5.41, 5.74) is -0.143. The Kier molecular flexibility index (Phi) is 8.28. The van der Waals surface area contributed by atoms with E-state index in [0.717, 1.165) is 55.9 Å². The second-order valence-electron chi connectivity index (χ2n) is 13.0. The number of nitrogens with one attached hydrogen (secondary N) is 1. The molecule has 7 nitrogen and oxygen atoms in total. The molecule has 2 N–H and O–H groups in total. The first kappa shape index (κ1) is 28.2. The lowest BCUT2D eigenvalue weighted by atomic mass is 9.52. The fourth-order valence-corrected chi connectivity index (χ4v) is 9.96. The van der Waals surface area contributed by atoms with Crippen LogP contribution in [0.2, 0.25) is 0 Å². The zero-order chi connectivity index (χ0) is 27.9. The average Bonchev–Trinajstić information content (AvgIpc) is 2.90. The summed E-state index contributed by atoms with van der Waals surface area (Å²) in [6, 6.07) is 3.77. The first-order valence-electron chi connectivity index (χ1n) is 15.2. The molecule has 10 heteroatoms. The lowest BCUT2D eigenvalue weighted by Gasteiger charge is -2.59. The Morgan fingerprint density at radius 2 is 1.85 bits per heavy atom. The smallest absolute Gasteiger partial charge is 0.345 e. The molecule has 5 aliphatic carbocycles. The Bertz CT molecular complexity index is 1080. The van der Waals surface area contributed by atoms with E-state index in [1.807, 2.05) is 12.1 Å². The van der Waals surface area contributed by atoms with E-state index >= 15 is 0 Å². The fourth-order valence-electron chi connectivity index (χ4n) is 8.64. The van der Waals surface area contributed by atoms with Crippen LogP contribution in [0.3, 0.4) is 0 Å². The van der Waals surface area contributed by atoms with Gasteiger partial charge in [-0.15, -0.1) is 11.8 Å². The number of piperidine rings is 1. The molecule has 40 heavy (non-hydrogen) atoms. The number of alkyl halides is 2. The number of amides is 1. The third kappa shape index (κ3) is 6.13. The van der Waals surface area contributed by atoms with E-state index in [1.165, 1.54) is 19.3 Å². The second kappa shape index (κ2) is 11.7. The Balaban J connectivity index is 1.20. The van der Waals surface area contributed by atoms with Crippen molar-refractivity contribution in [1.82, 2.24) is 10.3 Å². The molecule has 0 spiro atoms. The van der Waals surface area contributed by atoms with Gasteiger partial charge in [-0.3, -0.25) is 9.59 Å². The molecule has 1 aromatic heterocycles. The number of carbonyl (C=O) groups is 2. The number of halogens is 2. The highest BCUT2D eigenvalue weighted by Gasteiger charge is 2.57. The van der Waals surface area contributed by atoms with Crippen LogP contribution in [0.25, 0.3) is 0 Å². The zero-order valence-electron chi connectivity index (χ0n) is 23.0. The van der Waals surface area contributed by atoms with Crippen molar-refractivity contribution in [2.45, 2.75) is 112 Å². The van der Waals surface area contributed by atoms with Gasteiger partial charge in [0.1, 0.15) is 10.8 Å². The van der Waals surface area contributed by atoms with Gasteiger partial charge < -0.3 is 20.1 Å². The predicted molar refractivity (Wildman–Crippen MR) is 149 cm³/mol. The van der Waals surface area contributed by atoms with Crippen LogP contribution in [0.1, 0.15) is 93.8 Å². The summed E-state index contributed by atoms with van der Waals surface area (Å²) < 4.78 is 31.6. The summed E-state index contributed by atoms with van der Waals surface area (Å²) in [7, 11) is 0. The van der Waals surface area contributed by atoms with Gasteiger partial charge in [-0.25, -0.2) is 4.98 Å². The Hall–Kier alpha value is -1.94. The predicted octanol–water partition coefficient (Wildman–Crippen LogP) is 6.11. The van der Waals surface area contributed by atoms with Gasteiger partial charge >= 0.3 is 12.6 Å². The monoisotopic (exact) mass is 577 g/mol. The number of aliphatic carboxylic acids is 1. The quantitative estimate of drug-likeness (QED) is 0.366. The number of rotatable bonds is 9. The van der Waals surface area contributed by atoms with Crippen molar-refractivity contribution in [3.8, 4) is 0 Å². The number of hydrogen-bond donors (Lipinski definition) is 2. The molecular formula is C30H41F2N3O4S. The van der Waals surface area contributed by atoms with Gasteiger partial charge in [0, 0.05) is 30.8 Å². The number of ether oxygens (including phenoxy) is 1. The van der Waals surface area contributed by atoms with E-state index in [4.69, 9.17) is 9.72 Å². The molecular weight excluding hydrogens is 536 g/mol. The lowest BCUT2D eigenvalue weighted by Crippen LogP contribution is -2.62. The Morgan fingerprint density at radius 1 is 1.10 bits per heavy atom. The van der Waals surface area contributed by atoms with Crippen molar-refractivity contribution in [2.75, 3.05) is 18.0 Å². The maximum Gasteiger partial charge on any atom is 0.345 e. The Morgan fingerprint density at radius 3 is 2.55 bits per heavy atom. The molecule has 5 saturated carbocycles. The fraction of sp³-hybridized carbons (Fsp3) is 0.767. The zero-order valence-corrected chi connectivity index (χ0v) is 23.8. The summed E-state index contributed by atoms with van der Waals surface area (Å²) in [4.78, 5) is 32.3. The maximum atomic E-state index is 13.8. The standard InChI is InChI=1S/C30H41F2N3O4S/c31-29(32)39-30-14-19-11-20(15-30)26(21(12-19)16-30)34-27(38)23-8-9-24(33-28(23)40-22-6-2-1-3-7-22)35-10-4-5-18(17-35)13-25(36)37/h8-9,18-22,26,29H,1-7,10-17H2,(H,34,38)(H,36,37)/t18-,19?,20-,21-,26?,30?/m0/s1. The minimum atomic E-state index is -2.76. The third-order valence-corrected chi connectivity index (χ3v) is 11.4. The lowest BCUT2D eigenvalue weighted by molar-refractivity contribution is -0.260. The van der Waals surface area contributed by atoms with Crippen molar-refractivity contribution in [3.05, 3.63) is 17.7 Å². The normalized spacial score (nSPS) is 33.9. The molecule has 1 aromatic rings. The molecule has 2 heterocycles. The summed E-state index contributed by atoms with van der Waals surface area (Å²) in [5.74, 6) is 0.742. The van der Waals surface area contributed by atoms with Crippen LogP contribution >= 0.6 is 11.8 Å². The number of thioether (sulfide) groups is 1. The van der Waals surface area contributed by atoms with E-state index in [1.54, 1.807) is 11.8 Å². The summed E-state index contributed by atoms with van der Waals surface area (Å²) in [5, 5.41) is 13.8. The average molecular weight is 578 g/mol. The number of carboxylic acids is 1. The molecule has 0 aromatic carbocycles. The van der Waals surface area contributed by atoms with Crippen LogP contribution in [-0.4, -0.2) is 58.6 Å². The number of carboxylic acid groups (broad SMARTS) is 1.